The standard InChI is InChI=1S/C17H26N2O2/c1-14-6-4-5-7-15(14)17(8-12-21-13-9-17)16(20)18-10-11-19(2)3/h4-7H,8-13H2,1-3H3,(H,18,20). The fraction of sp³-hybridized carbons (Fsp3) is 0.588. The lowest BCUT2D eigenvalue weighted by atomic mass is 9.72. The third kappa shape index (κ3) is 3.63. The Morgan fingerprint density at radius 3 is 2.57 bits per heavy atom. The molecule has 1 saturated heterocycles. The molecule has 0 atom stereocenters. The fourth-order valence-corrected chi connectivity index (χ4v) is 3.01. The average molecular weight is 290 g/mol. The molecule has 4 heteroatoms. The van der Waals surface area contributed by atoms with E-state index >= 15 is 0 Å². The largest absolute Gasteiger partial charge is 0.381 e. The zero-order valence-corrected chi connectivity index (χ0v) is 13.3. The van der Waals surface area contributed by atoms with Gasteiger partial charge in [-0.05, 0) is 45.0 Å². The summed E-state index contributed by atoms with van der Waals surface area (Å²) in [6.07, 6.45) is 1.51. The maximum absolute atomic E-state index is 12.9. The van der Waals surface area contributed by atoms with Crippen molar-refractivity contribution in [2.45, 2.75) is 25.2 Å². The Bertz CT molecular complexity index is 479. The topological polar surface area (TPSA) is 41.6 Å². The normalized spacial score (nSPS) is 17.7. The quantitative estimate of drug-likeness (QED) is 0.898. The van der Waals surface area contributed by atoms with Crippen molar-refractivity contribution in [3.8, 4) is 0 Å². The van der Waals surface area contributed by atoms with Gasteiger partial charge >= 0.3 is 0 Å². The molecule has 2 rings (SSSR count). The number of hydrogen-bond acceptors (Lipinski definition) is 3. The summed E-state index contributed by atoms with van der Waals surface area (Å²) >= 11 is 0. The molecule has 0 bridgehead atoms. The second-order valence-electron chi connectivity index (χ2n) is 6.07. The average Bonchev–Trinajstić information content (AvgIpc) is 2.48. The van der Waals surface area contributed by atoms with Crippen molar-refractivity contribution in [1.29, 1.82) is 0 Å². The molecule has 21 heavy (non-hydrogen) atoms. The molecule has 1 aliphatic heterocycles. The van der Waals surface area contributed by atoms with Crippen molar-refractivity contribution in [3.63, 3.8) is 0 Å². The lowest BCUT2D eigenvalue weighted by Crippen LogP contribution is -2.49. The van der Waals surface area contributed by atoms with Crippen LogP contribution in [-0.2, 0) is 14.9 Å². The van der Waals surface area contributed by atoms with Gasteiger partial charge in [-0.1, -0.05) is 24.3 Å². The summed E-state index contributed by atoms with van der Waals surface area (Å²) in [4.78, 5) is 14.9. The van der Waals surface area contributed by atoms with Gasteiger partial charge in [0.05, 0.1) is 5.41 Å². The Morgan fingerprint density at radius 2 is 1.95 bits per heavy atom. The molecular formula is C17H26N2O2. The van der Waals surface area contributed by atoms with Gasteiger partial charge in [-0.2, -0.15) is 0 Å². The molecule has 0 aromatic heterocycles. The van der Waals surface area contributed by atoms with Crippen molar-refractivity contribution in [3.05, 3.63) is 35.4 Å². The van der Waals surface area contributed by atoms with Crippen LogP contribution in [0.5, 0.6) is 0 Å². The highest BCUT2D eigenvalue weighted by molar-refractivity contribution is 5.88. The molecular weight excluding hydrogens is 264 g/mol. The predicted molar refractivity (Wildman–Crippen MR) is 84.5 cm³/mol. The fourth-order valence-electron chi connectivity index (χ4n) is 3.01. The number of carbonyl (C=O) groups is 1. The molecule has 0 spiro atoms. The molecule has 0 unspecified atom stereocenters. The zero-order chi connectivity index (χ0) is 15.3. The predicted octanol–water partition coefficient (Wildman–Crippen LogP) is 1.72. The summed E-state index contributed by atoms with van der Waals surface area (Å²) in [6, 6.07) is 8.22. The summed E-state index contributed by atoms with van der Waals surface area (Å²) in [5, 5.41) is 3.11. The minimum absolute atomic E-state index is 0.141. The molecule has 1 amide bonds. The Hall–Kier alpha value is -1.39. The Balaban J connectivity index is 2.21. The van der Waals surface area contributed by atoms with Crippen LogP contribution in [0.3, 0.4) is 0 Å². The monoisotopic (exact) mass is 290 g/mol. The third-order valence-electron chi connectivity index (χ3n) is 4.29. The number of ether oxygens (including phenoxy) is 1. The van der Waals surface area contributed by atoms with Crippen molar-refractivity contribution in [2.75, 3.05) is 40.4 Å². The van der Waals surface area contributed by atoms with Gasteiger partial charge in [0.2, 0.25) is 5.91 Å². The van der Waals surface area contributed by atoms with Gasteiger partial charge in [0.1, 0.15) is 0 Å². The van der Waals surface area contributed by atoms with Gasteiger partial charge in [0, 0.05) is 26.3 Å². The number of likely N-dealkylation sites (N-methyl/N-ethyl adjacent to an activating group) is 1. The van der Waals surface area contributed by atoms with Gasteiger partial charge in [0.25, 0.3) is 0 Å². The molecule has 1 aromatic carbocycles. The van der Waals surface area contributed by atoms with Gasteiger partial charge < -0.3 is 15.0 Å². The molecule has 1 aliphatic rings. The van der Waals surface area contributed by atoms with Gasteiger partial charge in [0.15, 0.2) is 0 Å². The Morgan fingerprint density at radius 1 is 1.29 bits per heavy atom. The van der Waals surface area contributed by atoms with E-state index in [9.17, 15) is 4.79 Å². The number of nitrogens with one attached hydrogen (secondary N) is 1. The van der Waals surface area contributed by atoms with Crippen LogP contribution in [-0.4, -0.2) is 51.2 Å². The van der Waals surface area contributed by atoms with E-state index in [-0.39, 0.29) is 5.91 Å². The van der Waals surface area contributed by atoms with Crippen LogP contribution in [0, 0.1) is 6.92 Å². The maximum atomic E-state index is 12.9. The van der Waals surface area contributed by atoms with Crippen molar-refractivity contribution in [2.24, 2.45) is 0 Å². The molecule has 0 saturated carbocycles. The van der Waals surface area contributed by atoms with Gasteiger partial charge in [-0.15, -0.1) is 0 Å². The highest BCUT2D eigenvalue weighted by Crippen LogP contribution is 2.36. The number of aryl methyl sites for hydroxylation is 1. The Kier molecular flexibility index (Phi) is 5.37. The van der Waals surface area contributed by atoms with Crippen LogP contribution in [0.25, 0.3) is 0 Å². The van der Waals surface area contributed by atoms with Crippen LogP contribution >= 0.6 is 0 Å². The van der Waals surface area contributed by atoms with Crippen LogP contribution in [0.2, 0.25) is 0 Å². The highest BCUT2D eigenvalue weighted by atomic mass is 16.5. The highest BCUT2D eigenvalue weighted by Gasteiger charge is 2.42. The SMILES string of the molecule is Cc1ccccc1C1(C(=O)NCCN(C)C)CCOCC1. The number of nitrogens with zero attached hydrogens (tertiary/aromatic N) is 1. The molecule has 4 nitrogen and oxygen atoms in total. The molecule has 116 valence electrons. The number of benzene rings is 1. The molecule has 1 heterocycles. The smallest absolute Gasteiger partial charge is 0.230 e. The zero-order valence-electron chi connectivity index (χ0n) is 13.3. The van der Waals surface area contributed by atoms with Crippen LogP contribution in [0.1, 0.15) is 24.0 Å². The van der Waals surface area contributed by atoms with Crippen LogP contribution in [0.4, 0.5) is 0 Å². The number of hydrogen-bond donors (Lipinski definition) is 1. The van der Waals surface area contributed by atoms with Crippen LogP contribution in [0.15, 0.2) is 24.3 Å². The lowest BCUT2D eigenvalue weighted by Gasteiger charge is -2.37. The van der Waals surface area contributed by atoms with E-state index < -0.39 is 5.41 Å². The summed E-state index contributed by atoms with van der Waals surface area (Å²) in [6.45, 7) is 4.91. The lowest BCUT2D eigenvalue weighted by molar-refractivity contribution is -0.130. The molecule has 0 radical (unpaired) electrons. The summed E-state index contributed by atoms with van der Waals surface area (Å²) < 4.78 is 5.49. The van der Waals surface area contributed by atoms with Gasteiger partial charge in [-0.3, -0.25) is 4.79 Å². The summed E-state index contributed by atoms with van der Waals surface area (Å²) in [7, 11) is 4.02. The van der Waals surface area contributed by atoms with E-state index in [2.05, 4.69) is 29.3 Å². The Labute approximate surface area is 127 Å². The first kappa shape index (κ1) is 16.0. The van der Waals surface area contributed by atoms with E-state index in [4.69, 9.17) is 4.74 Å². The number of rotatable bonds is 5. The molecule has 1 fully saturated rings. The second kappa shape index (κ2) is 7.05. The summed E-state index contributed by atoms with van der Waals surface area (Å²) in [5.74, 6) is 0.141. The number of amides is 1. The van der Waals surface area contributed by atoms with E-state index in [0.29, 0.717) is 19.8 Å². The summed E-state index contributed by atoms with van der Waals surface area (Å²) in [5.41, 5.74) is 1.90. The molecule has 0 aliphatic carbocycles. The van der Waals surface area contributed by atoms with E-state index in [1.54, 1.807) is 0 Å². The van der Waals surface area contributed by atoms with E-state index in [0.717, 1.165) is 24.9 Å². The number of carbonyl (C=O) groups excluding carboxylic acids is 1. The maximum Gasteiger partial charge on any atom is 0.230 e. The minimum atomic E-state index is -0.435. The minimum Gasteiger partial charge on any atom is -0.381 e. The van der Waals surface area contributed by atoms with Crippen molar-refractivity contribution in [1.82, 2.24) is 10.2 Å². The first-order chi connectivity index (χ1) is 10.1. The third-order valence-corrected chi connectivity index (χ3v) is 4.29. The van der Waals surface area contributed by atoms with E-state index in [1.165, 1.54) is 5.56 Å². The molecule has 1 aromatic rings. The first-order valence-corrected chi connectivity index (χ1v) is 7.63. The first-order valence-electron chi connectivity index (χ1n) is 7.63. The van der Waals surface area contributed by atoms with E-state index in [1.807, 2.05) is 26.2 Å². The van der Waals surface area contributed by atoms with Crippen LogP contribution < -0.4 is 5.32 Å². The van der Waals surface area contributed by atoms with Crippen molar-refractivity contribution >= 4 is 5.91 Å². The van der Waals surface area contributed by atoms with Gasteiger partial charge in [-0.25, -0.2) is 0 Å². The second-order valence-corrected chi connectivity index (χ2v) is 6.07. The molecule has 1 N–H and O–H groups in total. The van der Waals surface area contributed by atoms with Crippen molar-refractivity contribution < 1.29 is 9.53 Å².